The molecule has 0 radical (unpaired) electrons. The first-order valence-corrected chi connectivity index (χ1v) is 9.27. The van der Waals surface area contributed by atoms with Gasteiger partial charge in [0.1, 0.15) is 0 Å². The van der Waals surface area contributed by atoms with Crippen molar-refractivity contribution in [3.63, 3.8) is 0 Å². The first-order valence-electron chi connectivity index (χ1n) is 7.41. The van der Waals surface area contributed by atoms with Gasteiger partial charge in [-0.15, -0.1) is 0 Å². The highest BCUT2D eigenvalue weighted by Gasteiger charge is 2.37. The summed E-state index contributed by atoms with van der Waals surface area (Å²) in [6.45, 7) is 4.56. The van der Waals surface area contributed by atoms with Crippen LogP contribution in [0.4, 0.5) is 0 Å². The molecule has 2 N–H and O–H groups in total. The topological polar surface area (TPSA) is 58.2 Å². The van der Waals surface area contributed by atoms with Crippen molar-refractivity contribution in [1.29, 1.82) is 0 Å². The summed E-state index contributed by atoms with van der Waals surface area (Å²) in [5.74, 6) is 0.426. The minimum absolute atomic E-state index is 0.0708. The normalized spacial score (nSPS) is 25.1. The van der Waals surface area contributed by atoms with Gasteiger partial charge in [-0.2, -0.15) is 0 Å². The van der Waals surface area contributed by atoms with Crippen LogP contribution >= 0.6 is 11.6 Å². The Morgan fingerprint density at radius 3 is 2.57 bits per heavy atom. The lowest BCUT2D eigenvalue weighted by Gasteiger charge is -2.14. The second-order valence-corrected chi connectivity index (χ2v) is 8.40. The van der Waals surface area contributed by atoms with Crippen molar-refractivity contribution < 1.29 is 8.42 Å². The van der Waals surface area contributed by atoms with Crippen molar-refractivity contribution in [1.82, 2.24) is 10.0 Å². The minimum atomic E-state index is -3.49. The smallest absolute Gasteiger partial charge is 0.241 e. The SMILES string of the molecule is Cc1c(CNC2CC2)cc(Cl)cc1S(=O)(=O)NC1CC1C. The predicted octanol–water partition coefficient (Wildman–Crippen LogP) is 2.59. The molecule has 0 amide bonds. The summed E-state index contributed by atoms with van der Waals surface area (Å²) in [6.07, 6.45) is 3.31. The molecule has 0 spiro atoms. The fourth-order valence-corrected chi connectivity index (χ4v) is 4.44. The number of hydrogen-bond donors (Lipinski definition) is 2. The van der Waals surface area contributed by atoms with E-state index >= 15 is 0 Å². The summed E-state index contributed by atoms with van der Waals surface area (Å²) in [7, 11) is -3.49. The van der Waals surface area contributed by atoms with Gasteiger partial charge in [0, 0.05) is 23.7 Å². The number of sulfonamides is 1. The van der Waals surface area contributed by atoms with Crippen molar-refractivity contribution >= 4 is 21.6 Å². The molecule has 0 bridgehead atoms. The van der Waals surface area contributed by atoms with E-state index in [2.05, 4.69) is 10.0 Å². The third-order valence-electron chi connectivity index (χ3n) is 4.30. The maximum absolute atomic E-state index is 12.5. The second-order valence-electron chi connectivity index (χ2n) is 6.28. The van der Waals surface area contributed by atoms with Crippen LogP contribution in [-0.2, 0) is 16.6 Å². The lowest BCUT2D eigenvalue weighted by molar-refractivity contribution is 0.577. The number of hydrogen-bond acceptors (Lipinski definition) is 3. The molecule has 2 unspecified atom stereocenters. The van der Waals surface area contributed by atoms with E-state index in [1.54, 1.807) is 6.07 Å². The first kappa shape index (κ1) is 15.3. The van der Waals surface area contributed by atoms with Crippen molar-refractivity contribution in [3.05, 3.63) is 28.3 Å². The molecule has 0 aliphatic heterocycles. The molecule has 0 saturated heterocycles. The van der Waals surface area contributed by atoms with Crippen LogP contribution < -0.4 is 10.0 Å². The molecule has 116 valence electrons. The van der Waals surface area contributed by atoms with Gasteiger partial charge in [-0.3, -0.25) is 0 Å². The van der Waals surface area contributed by atoms with Crippen LogP contribution in [0.2, 0.25) is 5.02 Å². The van der Waals surface area contributed by atoms with E-state index in [1.807, 2.05) is 19.9 Å². The third kappa shape index (κ3) is 3.59. The van der Waals surface area contributed by atoms with E-state index in [1.165, 1.54) is 12.8 Å². The minimum Gasteiger partial charge on any atom is -0.310 e. The number of halogens is 1. The zero-order chi connectivity index (χ0) is 15.2. The van der Waals surface area contributed by atoms with Gasteiger partial charge in [0.15, 0.2) is 0 Å². The molecule has 21 heavy (non-hydrogen) atoms. The lowest BCUT2D eigenvalue weighted by Crippen LogP contribution is -2.28. The van der Waals surface area contributed by atoms with Crippen LogP contribution in [0.5, 0.6) is 0 Å². The van der Waals surface area contributed by atoms with Crippen molar-refractivity contribution in [3.8, 4) is 0 Å². The molecular formula is C15H21ClN2O2S. The molecule has 2 fully saturated rings. The molecule has 2 saturated carbocycles. The molecule has 1 aromatic rings. The zero-order valence-corrected chi connectivity index (χ0v) is 13.9. The summed E-state index contributed by atoms with van der Waals surface area (Å²) in [4.78, 5) is 0.307. The van der Waals surface area contributed by atoms with Crippen LogP contribution in [0.1, 0.15) is 37.3 Å². The van der Waals surface area contributed by atoms with Crippen molar-refractivity contribution in [2.24, 2.45) is 5.92 Å². The third-order valence-corrected chi connectivity index (χ3v) is 6.13. The van der Waals surface area contributed by atoms with Crippen LogP contribution in [0, 0.1) is 12.8 Å². The highest BCUT2D eigenvalue weighted by Crippen LogP contribution is 2.32. The Bertz CT molecular complexity index is 656. The summed E-state index contributed by atoms with van der Waals surface area (Å²) in [5.41, 5.74) is 1.74. The Balaban J connectivity index is 1.85. The van der Waals surface area contributed by atoms with E-state index in [4.69, 9.17) is 11.6 Å². The average Bonchev–Trinajstić information content (AvgIpc) is 3.30. The lowest BCUT2D eigenvalue weighted by atomic mass is 10.1. The van der Waals surface area contributed by atoms with Gasteiger partial charge >= 0.3 is 0 Å². The standard InChI is InChI=1S/C15H21ClN2O2S/c1-9-5-14(9)18-21(19,20)15-7-12(16)6-11(10(15)2)8-17-13-3-4-13/h6-7,9,13-14,17-18H,3-5,8H2,1-2H3. The van der Waals surface area contributed by atoms with Crippen LogP contribution in [-0.4, -0.2) is 20.5 Å². The highest BCUT2D eigenvalue weighted by atomic mass is 35.5. The molecule has 1 aromatic carbocycles. The molecular weight excluding hydrogens is 308 g/mol. The summed E-state index contributed by atoms with van der Waals surface area (Å²) in [6, 6.07) is 4.05. The first-order chi connectivity index (χ1) is 9.87. The number of rotatable bonds is 6. The molecule has 2 atom stereocenters. The van der Waals surface area contributed by atoms with Gasteiger partial charge in [0.2, 0.25) is 10.0 Å². The molecule has 3 rings (SSSR count). The average molecular weight is 329 g/mol. The largest absolute Gasteiger partial charge is 0.310 e. The fraction of sp³-hybridized carbons (Fsp3) is 0.600. The Morgan fingerprint density at radius 2 is 2.00 bits per heavy atom. The molecule has 2 aliphatic rings. The Labute approximate surface area is 131 Å². The molecule has 0 heterocycles. The molecule has 6 heteroatoms. The van der Waals surface area contributed by atoms with Crippen LogP contribution in [0.25, 0.3) is 0 Å². The Hall–Kier alpha value is -0.620. The highest BCUT2D eigenvalue weighted by molar-refractivity contribution is 7.89. The summed E-state index contributed by atoms with van der Waals surface area (Å²) < 4.78 is 27.8. The van der Waals surface area contributed by atoms with E-state index in [0.717, 1.165) is 17.5 Å². The maximum Gasteiger partial charge on any atom is 0.241 e. The van der Waals surface area contributed by atoms with Crippen LogP contribution in [0.3, 0.4) is 0 Å². The van der Waals surface area contributed by atoms with Gasteiger partial charge in [-0.25, -0.2) is 13.1 Å². The number of benzene rings is 1. The molecule has 0 aromatic heterocycles. The molecule has 2 aliphatic carbocycles. The second kappa shape index (κ2) is 5.54. The molecule has 4 nitrogen and oxygen atoms in total. The number of nitrogens with one attached hydrogen (secondary N) is 2. The van der Waals surface area contributed by atoms with Crippen molar-refractivity contribution in [2.75, 3.05) is 0 Å². The predicted molar refractivity (Wildman–Crippen MR) is 83.9 cm³/mol. The van der Waals surface area contributed by atoms with Gasteiger partial charge in [0.05, 0.1) is 4.90 Å². The van der Waals surface area contributed by atoms with Crippen molar-refractivity contribution in [2.45, 2.75) is 56.6 Å². The monoisotopic (exact) mass is 328 g/mol. The maximum atomic E-state index is 12.5. The van der Waals surface area contributed by atoms with Gasteiger partial charge in [-0.05, 0) is 55.4 Å². The van der Waals surface area contributed by atoms with E-state index in [-0.39, 0.29) is 6.04 Å². The fourth-order valence-electron chi connectivity index (χ4n) is 2.46. The summed E-state index contributed by atoms with van der Waals surface area (Å²) in [5, 5.41) is 3.88. The zero-order valence-electron chi connectivity index (χ0n) is 12.3. The van der Waals surface area contributed by atoms with E-state index in [9.17, 15) is 8.42 Å². The van der Waals surface area contributed by atoms with Gasteiger partial charge in [-0.1, -0.05) is 18.5 Å². The Morgan fingerprint density at radius 1 is 1.33 bits per heavy atom. The summed E-state index contributed by atoms with van der Waals surface area (Å²) >= 11 is 6.12. The quantitative estimate of drug-likeness (QED) is 0.844. The van der Waals surface area contributed by atoms with Crippen LogP contribution in [0.15, 0.2) is 17.0 Å². The van der Waals surface area contributed by atoms with Gasteiger partial charge < -0.3 is 5.32 Å². The van der Waals surface area contributed by atoms with E-state index in [0.29, 0.717) is 28.4 Å². The Kier molecular flexibility index (Phi) is 4.03. The van der Waals surface area contributed by atoms with E-state index < -0.39 is 10.0 Å². The van der Waals surface area contributed by atoms with Gasteiger partial charge in [0.25, 0.3) is 0 Å².